The fourth-order valence-electron chi connectivity index (χ4n) is 4.31. The highest BCUT2D eigenvalue weighted by Crippen LogP contribution is 2.32. The molecule has 0 N–H and O–H groups in total. The van der Waals surface area contributed by atoms with Gasteiger partial charge in [-0.1, -0.05) is 12.5 Å². The molecular weight excluding hydrogens is 349 g/mol. The molecule has 7 heteroatoms. The molecule has 3 saturated heterocycles. The van der Waals surface area contributed by atoms with Crippen molar-refractivity contribution < 1.29 is 18.7 Å². The molecule has 1 spiro atoms. The topological polar surface area (TPSA) is 53.1 Å². The van der Waals surface area contributed by atoms with Gasteiger partial charge in [0, 0.05) is 12.2 Å². The van der Waals surface area contributed by atoms with E-state index in [9.17, 15) is 14.0 Å². The van der Waals surface area contributed by atoms with E-state index in [0.717, 1.165) is 25.9 Å². The molecule has 4 rings (SSSR count). The number of nitrogens with zero attached hydrogens (tertiary/aromatic N) is 3. The molecule has 146 valence electrons. The molecule has 3 aliphatic rings. The van der Waals surface area contributed by atoms with Crippen molar-refractivity contribution in [2.45, 2.75) is 31.3 Å². The van der Waals surface area contributed by atoms with Gasteiger partial charge in [0.05, 0.1) is 19.6 Å². The van der Waals surface area contributed by atoms with Crippen LogP contribution in [0.1, 0.15) is 25.7 Å². The number of anilines is 1. The summed E-state index contributed by atoms with van der Waals surface area (Å²) in [6, 6.07) is 6.06. The summed E-state index contributed by atoms with van der Waals surface area (Å²) in [5, 5.41) is 0. The van der Waals surface area contributed by atoms with Gasteiger partial charge in [0.2, 0.25) is 5.91 Å². The van der Waals surface area contributed by atoms with E-state index >= 15 is 0 Å². The number of hydrogen-bond donors (Lipinski definition) is 0. The van der Waals surface area contributed by atoms with Crippen molar-refractivity contribution in [2.75, 3.05) is 50.8 Å². The largest absolute Gasteiger partial charge is 0.361 e. The number of piperidine rings is 1. The summed E-state index contributed by atoms with van der Waals surface area (Å²) in [4.78, 5) is 30.7. The van der Waals surface area contributed by atoms with Gasteiger partial charge in [0.15, 0.2) is 0 Å². The summed E-state index contributed by atoms with van der Waals surface area (Å²) in [6.45, 7) is 3.87. The van der Waals surface area contributed by atoms with Gasteiger partial charge >= 0.3 is 0 Å². The van der Waals surface area contributed by atoms with Crippen LogP contribution in [0.5, 0.6) is 0 Å². The minimum atomic E-state index is -0.558. The summed E-state index contributed by atoms with van der Waals surface area (Å²) < 4.78 is 19.5. The highest BCUT2D eigenvalue weighted by atomic mass is 19.1. The average molecular weight is 375 g/mol. The molecule has 27 heavy (non-hydrogen) atoms. The van der Waals surface area contributed by atoms with Crippen molar-refractivity contribution in [3.63, 3.8) is 0 Å². The fraction of sp³-hybridized carbons (Fsp3) is 0.600. The minimum Gasteiger partial charge on any atom is -0.361 e. The van der Waals surface area contributed by atoms with E-state index in [-0.39, 0.29) is 24.2 Å². The van der Waals surface area contributed by atoms with E-state index < -0.39 is 5.60 Å². The molecule has 0 aliphatic carbocycles. The molecule has 3 fully saturated rings. The van der Waals surface area contributed by atoms with Crippen LogP contribution in [0.2, 0.25) is 0 Å². The normalized spacial score (nSPS) is 26.8. The molecule has 2 amide bonds. The van der Waals surface area contributed by atoms with Crippen molar-refractivity contribution in [3.05, 3.63) is 30.1 Å². The van der Waals surface area contributed by atoms with Gasteiger partial charge in [-0.15, -0.1) is 0 Å². The molecule has 0 saturated carbocycles. The summed E-state index contributed by atoms with van der Waals surface area (Å²) in [6.07, 6.45) is 4.25. The number of amides is 2. The molecule has 0 bridgehead atoms. The monoisotopic (exact) mass is 375 g/mol. The summed E-state index contributed by atoms with van der Waals surface area (Å²) >= 11 is 0. The quantitative estimate of drug-likeness (QED) is 0.806. The van der Waals surface area contributed by atoms with E-state index in [0.29, 0.717) is 38.3 Å². The second-order valence-corrected chi connectivity index (χ2v) is 7.83. The van der Waals surface area contributed by atoms with Crippen molar-refractivity contribution in [1.82, 2.24) is 9.80 Å². The SMILES string of the molecule is O=C(CN1CCCCC1)N1CCC2(C1)CN(c1cccc(F)c1)C(=O)CO2. The Labute approximate surface area is 158 Å². The third-order valence-corrected chi connectivity index (χ3v) is 5.85. The van der Waals surface area contributed by atoms with Gasteiger partial charge in [-0.2, -0.15) is 0 Å². The van der Waals surface area contributed by atoms with Crippen molar-refractivity contribution in [3.8, 4) is 0 Å². The van der Waals surface area contributed by atoms with Crippen LogP contribution in [0.3, 0.4) is 0 Å². The summed E-state index contributed by atoms with van der Waals surface area (Å²) in [5.74, 6) is -0.415. The Kier molecular flexibility index (Phi) is 5.14. The van der Waals surface area contributed by atoms with Crippen molar-refractivity contribution >= 4 is 17.5 Å². The van der Waals surface area contributed by atoms with E-state index in [1.165, 1.54) is 18.6 Å². The fourth-order valence-corrected chi connectivity index (χ4v) is 4.31. The lowest BCUT2D eigenvalue weighted by atomic mass is 10.00. The number of hydrogen-bond acceptors (Lipinski definition) is 4. The number of carbonyl (C=O) groups is 2. The molecule has 6 nitrogen and oxygen atoms in total. The third kappa shape index (κ3) is 3.99. The standard InChI is InChI=1S/C20H26FN3O3/c21-16-5-4-6-17(11-16)24-15-20(27-13-19(24)26)7-10-23(14-20)18(25)12-22-8-2-1-3-9-22/h4-6,11H,1-3,7-10,12-15H2. The van der Waals surface area contributed by atoms with Gasteiger partial charge < -0.3 is 14.5 Å². The number of rotatable bonds is 3. The van der Waals surface area contributed by atoms with Gasteiger partial charge in [0.25, 0.3) is 5.91 Å². The maximum absolute atomic E-state index is 13.6. The van der Waals surface area contributed by atoms with Crippen LogP contribution in [0.15, 0.2) is 24.3 Å². The third-order valence-electron chi connectivity index (χ3n) is 5.85. The zero-order valence-corrected chi connectivity index (χ0v) is 15.5. The first-order valence-corrected chi connectivity index (χ1v) is 9.75. The summed E-state index contributed by atoms with van der Waals surface area (Å²) in [7, 11) is 0. The molecule has 1 atom stereocenters. The van der Waals surface area contributed by atoms with E-state index in [2.05, 4.69) is 4.90 Å². The lowest BCUT2D eigenvalue weighted by Crippen LogP contribution is -2.56. The molecule has 3 aliphatic heterocycles. The average Bonchev–Trinajstić information content (AvgIpc) is 3.09. The first-order chi connectivity index (χ1) is 13.0. The zero-order chi connectivity index (χ0) is 18.9. The van der Waals surface area contributed by atoms with Gasteiger partial charge in [-0.05, 0) is 50.6 Å². The summed E-state index contributed by atoms with van der Waals surface area (Å²) in [5.41, 5.74) is -0.0154. The van der Waals surface area contributed by atoms with E-state index in [4.69, 9.17) is 4.74 Å². The number of likely N-dealkylation sites (tertiary alicyclic amines) is 2. The van der Waals surface area contributed by atoms with Crippen LogP contribution in [0, 0.1) is 5.82 Å². The Morgan fingerprint density at radius 2 is 1.96 bits per heavy atom. The number of halogens is 1. The smallest absolute Gasteiger partial charge is 0.253 e. The lowest BCUT2D eigenvalue weighted by Gasteiger charge is -2.40. The highest BCUT2D eigenvalue weighted by molar-refractivity contribution is 5.95. The van der Waals surface area contributed by atoms with Crippen LogP contribution < -0.4 is 4.90 Å². The van der Waals surface area contributed by atoms with Crippen LogP contribution in [-0.4, -0.2) is 73.1 Å². The molecule has 3 heterocycles. The number of ether oxygens (including phenoxy) is 1. The minimum absolute atomic E-state index is 0.0370. The maximum Gasteiger partial charge on any atom is 0.253 e. The van der Waals surface area contributed by atoms with Crippen molar-refractivity contribution in [1.29, 1.82) is 0 Å². The lowest BCUT2D eigenvalue weighted by molar-refractivity contribution is -0.139. The molecular formula is C20H26FN3O3. The van der Waals surface area contributed by atoms with Crippen LogP contribution >= 0.6 is 0 Å². The second-order valence-electron chi connectivity index (χ2n) is 7.83. The van der Waals surface area contributed by atoms with E-state index in [1.54, 1.807) is 17.0 Å². The highest BCUT2D eigenvalue weighted by Gasteiger charge is 2.46. The number of benzene rings is 1. The Bertz CT molecular complexity index is 722. The second kappa shape index (κ2) is 7.56. The van der Waals surface area contributed by atoms with E-state index in [1.807, 2.05) is 4.90 Å². The maximum atomic E-state index is 13.6. The molecule has 1 aromatic rings. The van der Waals surface area contributed by atoms with Gasteiger partial charge in [0.1, 0.15) is 18.0 Å². The predicted molar refractivity (Wildman–Crippen MR) is 98.9 cm³/mol. The van der Waals surface area contributed by atoms with Crippen LogP contribution in [0.25, 0.3) is 0 Å². The Morgan fingerprint density at radius 1 is 1.15 bits per heavy atom. The first kappa shape index (κ1) is 18.4. The molecule has 0 aromatic heterocycles. The van der Waals surface area contributed by atoms with Crippen LogP contribution in [-0.2, 0) is 14.3 Å². The molecule has 0 radical (unpaired) electrons. The zero-order valence-electron chi connectivity index (χ0n) is 15.5. The first-order valence-electron chi connectivity index (χ1n) is 9.75. The Balaban J connectivity index is 1.41. The van der Waals surface area contributed by atoms with Gasteiger partial charge in [-0.25, -0.2) is 4.39 Å². The van der Waals surface area contributed by atoms with Gasteiger partial charge in [-0.3, -0.25) is 14.5 Å². The van der Waals surface area contributed by atoms with Crippen molar-refractivity contribution in [2.24, 2.45) is 0 Å². The van der Waals surface area contributed by atoms with Crippen LogP contribution in [0.4, 0.5) is 10.1 Å². The number of carbonyl (C=O) groups excluding carboxylic acids is 2. The Hall–Kier alpha value is -1.99. The molecule has 1 unspecified atom stereocenters. The Morgan fingerprint density at radius 3 is 2.74 bits per heavy atom. The predicted octanol–water partition coefficient (Wildman–Crippen LogP) is 1.65. The number of morpholine rings is 1. The molecule has 1 aromatic carbocycles.